The van der Waals surface area contributed by atoms with Crippen LogP contribution in [0.4, 0.5) is 0 Å². The fourth-order valence-corrected chi connectivity index (χ4v) is 5.11. The van der Waals surface area contributed by atoms with Gasteiger partial charge in [0.1, 0.15) is 0 Å². The maximum Gasteiger partial charge on any atom is 0.274 e. The standard InChI is InChI=1S/C23H36N6O3/c1-3-9-26-13-15-27(16-14-26)20(30)6-7-21(31)29-12-8-19-18(17-29)22(24-25(19)2)23(32)28-10-4-5-11-28/h3-17H2,1-2H3. The molecule has 176 valence electrons. The van der Waals surface area contributed by atoms with E-state index in [-0.39, 0.29) is 30.6 Å². The van der Waals surface area contributed by atoms with Crippen LogP contribution in [0, 0.1) is 0 Å². The predicted octanol–water partition coefficient (Wildman–Crippen LogP) is 0.875. The largest absolute Gasteiger partial charge is 0.340 e. The molecule has 0 unspecified atom stereocenters. The van der Waals surface area contributed by atoms with Crippen LogP contribution in [-0.2, 0) is 29.6 Å². The van der Waals surface area contributed by atoms with Gasteiger partial charge >= 0.3 is 0 Å². The van der Waals surface area contributed by atoms with Crippen molar-refractivity contribution < 1.29 is 14.4 Å². The SMILES string of the molecule is CCCN1CCN(C(=O)CCC(=O)N2CCc3c(c(C(=O)N4CCCC4)nn3C)C2)CC1. The number of nitrogens with zero attached hydrogens (tertiary/aromatic N) is 6. The molecule has 0 saturated carbocycles. The van der Waals surface area contributed by atoms with Crippen molar-refractivity contribution in [1.29, 1.82) is 0 Å². The van der Waals surface area contributed by atoms with E-state index in [1.54, 1.807) is 9.58 Å². The number of carbonyl (C=O) groups excluding carboxylic acids is 3. The topological polar surface area (TPSA) is 82.0 Å². The van der Waals surface area contributed by atoms with Gasteiger partial charge in [-0.1, -0.05) is 6.92 Å². The van der Waals surface area contributed by atoms with Crippen molar-refractivity contribution in [3.8, 4) is 0 Å². The molecule has 3 aliphatic heterocycles. The average molecular weight is 445 g/mol. The van der Waals surface area contributed by atoms with Crippen LogP contribution < -0.4 is 0 Å². The summed E-state index contributed by atoms with van der Waals surface area (Å²) in [7, 11) is 1.87. The average Bonchev–Trinajstić information content (AvgIpc) is 3.46. The quantitative estimate of drug-likeness (QED) is 0.651. The number of hydrogen-bond acceptors (Lipinski definition) is 5. The molecule has 0 aromatic carbocycles. The van der Waals surface area contributed by atoms with Gasteiger partial charge in [-0.05, 0) is 25.8 Å². The molecule has 4 heterocycles. The Morgan fingerprint density at radius 3 is 2.16 bits per heavy atom. The van der Waals surface area contributed by atoms with Gasteiger partial charge in [-0.25, -0.2) is 0 Å². The zero-order chi connectivity index (χ0) is 22.7. The molecule has 9 heteroatoms. The number of hydrogen-bond donors (Lipinski definition) is 0. The minimum absolute atomic E-state index is 0.0166. The Morgan fingerprint density at radius 2 is 1.50 bits per heavy atom. The highest BCUT2D eigenvalue weighted by Crippen LogP contribution is 2.25. The summed E-state index contributed by atoms with van der Waals surface area (Å²) in [5, 5.41) is 4.51. The Kier molecular flexibility index (Phi) is 7.13. The smallest absolute Gasteiger partial charge is 0.274 e. The molecule has 1 aromatic rings. The minimum atomic E-state index is -0.0222. The summed E-state index contributed by atoms with van der Waals surface area (Å²) in [6, 6.07) is 0. The van der Waals surface area contributed by atoms with E-state index in [9.17, 15) is 14.4 Å². The molecule has 0 aliphatic carbocycles. The van der Waals surface area contributed by atoms with E-state index in [4.69, 9.17) is 0 Å². The van der Waals surface area contributed by atoms with E-state index in [0.717, 1.165) is 76.3 Å². The summed E-state index contributed by atoms with van der Waals surface area (Å²) in [5.41, 5.74) is 2.41. The van der Waals surface area contributed by atoms with Gasteiger partial charge in [-0.3, -0.25) is 24.0 Å². The monoisotopic (exact) mass is 444 g/mol. The summed E-state index contributed by atoms with van der Waals surface area (Å²) in [4.78, 5) is 46.4. The Balaban J connectivity index is 1.32. The predicted molar refractivity (Wildman–Crippen MR) is 120 cm³/mol. The van der Waals surface area contributed by atoms with E-state index >= 15 is 0 Å². The van der Waals surface area contributed by atoms with E-state index < -0.39 is 0 Å². The molecule has 0 spiro atoms. The first kappa shape index (κ1) is 22.8. The number of aryl methyl sites for hydroxylation is 1. The van der Waals surface area contributed by atoms with Gasteiger partial charge in [0.05, 0.1) is 0 Å². The molecule has 3 aliphatic rings. The summed E-state index contributed by atoms with van der Waals surface area (Å²) in [6.45, 7) is 9.14. The number of piperazine rings is 1. The third kappa shape index (κ3) is 4.82. The maximum absolute atomic E-state index is 13.0. The van der Waals surface area contributed by atoms with Crippen molar-refractivity contribution in [3.63, 3.8) is 0 Å². The Bertz CT molecular complexity index is 852. The van der Waals surface area contributed by atoms with E-state index in [2.05, 4.69) is 16.9 Å². The molecular formula is C23H36N6O3. The summed E-state index contributed by atoms with van der Waals surface area (Å²) >= 11 is 0. The third-order valence-corrected chi connectivity index (χ3v) is 7.01. The minimum Gasteiger partial charge on any atom is -0.340 e. The van der Waals surface area contributed by atoms with Crippen molar-refractivity contribution in [3.05, 3.63) is 17.0 Å². The fourth-order valence-electron chi connectivity index (χ4n) is 5.11. The van der Waals surface area contributed by atoms with E-state index in [1.165, 1.54) is 0 Å². The molecule has 32 heavy (non-hydrogen) atoms. The van der Waals surface area contributed by atoms with Crippen LogP contribution in [0.3, 0.4) is 0 Å². The van der Waals surface area contributed by atoms with Crippen LogP contribution in [0.1, 0.15) is 60.8 Å². The van der Waals surface area contributed by atoms with Crippen molar-refractivity contribution in [2.45, 2.75) is 52.0 Å². The van der Waals surface area contributed by atoms with Gasteiger partial charge < -0.3 is 14.7 Å². The Labute approximate surface area is 190 Å². The van der Waals surface area contributed by atoms with Crippen LogP contribution in [0.25, 0.3) is 0 Å². The molecular weight excluding hydrogens is 408 g/mol. The molecule has 1 aromatic heterocycles. The van der Waals surface area contributed by atoms with Gasteiger partial charge in [0.15, 0.2) is 5.69 Å². The molecule has 2 saturated heterocycles. The van der Waals surface area contributed by atoms with Crippen molar-refractivity contribution >= 4 is 17.7 Å². The van der Waals surface area contributed by atoms with E-state index in [0.29, 0.717) is 25.2 Å². The number of aromatic nitrogens is 2. The molecule has 4 rings (SSSR count). The van der Waals surface area contributed by atoms with Gasteiger partial charge in [0.25, 0.3) is 5.91 Å². The highest BCUT2D eigenvalue weighted by atomic mass is 16.2. The second-order valence-electron chi connectivity index (χ2n) is 9.18. The Hall–Kier alpha value is -2.42. The first-order valence-corrected chi connectivity index (χ1v) is 12.1. The number of fused-ring (bicyclic) bond motifs is 1. The molecule has 3 amide bonds. The lowest BCUT2D eigenvalue weighted by atomic mass is 10.0. The maximum atomic E-state index is 13.0. The lowest BCUT2D eigenvalue weighted by Gasteiger charge is -2.34. The van der Waals surface area contributed by atoms with Crippen LogP contribution in [-0.4, -0.2) is 99.5 Å². The second kappa shape index (κ2) is 10.0. The van der Waals surface area contributed by atoms with Crippen molar-refractivity contribution in [2.24, 2.45) is 7.05 Å². The fraction of sp³-hybridized carbons (Fsp3) is 0.739. The zero-order valence-electron chi connectivity index (χ0n) is 19.5. The summed E-state index contributed by atoms with van der Waals surface area (Å²) in [5.74, 6) is 0.0292. The van der Waals surface area contributed by atoms with Gasteiger partial charge in [-0.2, -0.15) is 5.10 Å². The number of likely N-dealkylation sites (tertiary alicyclic amines) is 1. The normalized spacial score (nSPS) is 19.4. The number of rotatable bonds is 6. The van der Waals surface area contributed by atoms with Crippen molar-refractivity contribution in [2.75, 3.05) is 52.4 Å². The van der Waals surface area contributed by atoms with Crippen LogP contribution in [0.2, 0.25) is 0 Å². The van der Waals surface area contributed by atoms with Crippen LogP contribution in [0.15, 0.2) is 0 Å². The summed E-state index contributed by atoms with van der Waals surface area (Å²) < 4.78 is 1.79. The summed E-state index contributed by atoms with van der Waals surface area (Å²) in [6.07, 6.45) is 4.36. The lowest BCUT2D eigenvalue weighted by Crippen LogP contribution is -2.49. The molecule has 0 radical (unpaired) electrons. The first-order chi connectivity index (χ1) is 15.5. The highest BCUT2D eigenvalue weighted by Gasteiger charge is 2.32. The molecule has 2 fully saturated rings. The molecule has 9 nitrogen and oxygen atoms in total. The van der Waals surface area contributed by atoms with Crippen LogP contribution in [0.5, 0.6) is 0 Å². The molecule has 0 atom stereocenters. The molecule has 0 bridgehead atoms. The first-order valence-electron chi connectivity index (χ1n) is 12.1. The number of carbonyl (C=O) groups is 3. The van der Waals surface area contributed by atoms with Gasteiger partial charge in [0, 0.05) is 89.9 Å². The molecule has 0 N–H and O–H groups in total. The number of amides is 3. The lowest BCUT2D eigenvalue weighted by molar-refractivity contribution is -0.138. The third-order valence-electron chi connectivity index (χ3n) is 7.01. The van der Waals surface area contributed by atoms with Gasteiger partial charge in [-0.15, -0.1) is 0 Å². The highest BCUT2D eigenvalue weighted by molar-refractivity contribution is 5.94. The van der Waals surface area contributed by atoms with E-state index in [1.807, 2.05) is 16.8 Å². The Morgan fingerprint density at radius 1 is 0.844 bits per heavy atom. The zero-order valence-corrected chi connectivity index (χ0v) is 19.5. The van der Waals surface area contributed by atoms with Gasteiger partial charge in [0.2, 0.25) is 11.8 Å². The van der Waals surface area contributed by atoms with Crippen molar-refractivity contribution in [1.82, 2.24) is 29.4 Å². The van der Waals surface area contributed by atoms with Crippen LogP contribution >= 0.6 is 0 Å². The second-order valence-corrected chi connectivity index (χ2v) is 9.18.